The maximum atomic E-state index is 10.9. The molecular formula is C14H15NO2S2. The molecular weight excluding hydrogens is 278 g/mol. The van der Waals surface area contributed by atoms with Crippen LogP contribution in [0, 0.1) is 0 Å². The highest BCUT2D eigenvalue weighted by Gasteiger charge is 2.25. The lowest BCUT2D eigenvalue weighted by Gasteiger charge is -2.33. The molecule has 0 saturated carbocycles. The Bertz CT molecular complexity index is 602. The van der Waals surface area contributed by atoms with Gasteiger partial charge in [-0.05, 0) is 42.5 Å². The molecule has 3 rings (SSSR count). The molecule has 2 aromatic heterocycles. The van der Waals surface area contributed by atoms with E-state index in [9.17, 15) is 4.79 Å². The largest absolute Gasteiger partial charge is 0.477 e. The lowest BCUT2D eigenvalue weighted by molar-refractivity contribution is 0.0702. The average molecular weight is 293 g/mol. The van der Waals surface area contributed by atoms with Gasteiger partial charge in [-0.15, -0.1) is 22.7 Å². The summed E-state index contributed by atoms with van der Waals surface area (Å²) in [5, 5.41) is 11.1. The van der Waals surface area contributed by atoms with E-state index in [1.165, 1.54) is 21.8 Å². The molecule has 0 aromatic carbocycles. The highest BCUT2D eigenvalue weighted by Crippen LogP contribution is 2.34. The summed E-state index contributed by atoms with van der Waals surface area (Å²) in [6.07, 6.45) is 1.11. The summed E-state index contributed by atoms with van der Waals surface area (Å²) in [6.45, 7) is 4.12. The Morgan fingerprint density at radius 3 is 3.05 bits per heavy atom. The topological polar surface area (TPSA) is 40.5 Å². The van der Waals surface area contributed by atoms with E-state index >= 15 is 0 Å². The molecule has 0 aliphatic carbocycles. The van der Waals surface area contributed by atoms with Crippen LogP contribution in [0.4, 0.5) is 0 Å². The van der Waals surface area contributed by atoms with Crippen LogP contribution in [0.5, 0.6) is 0 Å². The standard InChI is InChI=1S/C14H15NO2S2/c1-9-11-5-7-18-12(11)4-6-15(9)8-10-2-3-13(19-10)14(16)17/h2-3,5,7,9H,4,6,8H2,1H3,(H,16,17). The van der Waals surface area contributed by atoms with Gasteiger partial charge in [0.1, 0.15) is 4.88 Å². The molecule has 2 aromatic rings. The molecule has 0 amide bonds. The fourth-order valence-electron chi connectivity index (χ4n) is 2.56. The summed E-state index contributed by atoms with van der Waals surface area (Å²) in [6, 6.07) is 6.27. The van der Waals surface area contributed by atoms with Gasteiger partial charge in [-0.25, -0.2) is 4.79 Å². The van der Waals surface area contributed by atoms with Gasteiger partial charge in [0, 0.05) is 28.9 Å². The van der Waals surface area contributed by atoms with Gasteiger partial charge in [0.05, 0.1) is 0 Å². The molecule has 3 nitrogen and oxygen atoms in total. The minimum absolute atomic E-state index is 0.422. The quantitative estimate of drug-likeness (QED) is 0.939. The number of thiophene rings is 2. The summed E-state index contributed by atoms with van der Waals surface area (Å²) in [5.41, 5.74) is 1.44. The Morgan fingerprint density at radius 1 is 1.47 bits per heavy atom. The second-order valence-electron chi connectivity index (χ2n) is 4.77. The van der Waals surface area contributed by atoms with E-state index in [1.807, 2.05) is 17.4 Å². The fraction of sp³-hybridized carbons (Fsp3) is 0.357. The normalized spacial score (nSPS) is 19.3. The summed E-state index contributed by atoms with van der Waals surface area (Å²) >= 11 is 3.23. The summed E-state index contributed by atoms with van der Waals surface area (Å²) < 4.78 is 0. The lowest BCUT2D eigenvalue weighted by Crippen LogP contribution is -2.32. The molecule has 19 heavy (non-hydrogen) atoms. The fourth-order valence-corrected chi connectivity index (χ4v) is 4.39. The maximum Gasteiger partial charge on any atom is 0.345 e. The van der Waals surface area contributed by atoms with Crippen molar-refractivity contribution in [3.63, 3.8) is 0 Å². The summed E-state index contributed by atoms with van der Waals surface area (Å²) in [4.78, 5) is 16.4. The Labute approximate surface area is 120 Å². The number of rotatable bonds is 3. The summed E-state index contributed by atoms with van der Waals surface area (Å²) in [7, 11) is 0. The van der Waals surface area contributed by atoms with Crippen LogP contribution >= 0.6 is 22.7 Å². The molecule has 1 aliphatic heterocycles. The molecule has 1 unspecified atom stereocenters. The number of hydrogen-bond donors (Lipinski definition) is 1. The van der Waals surface area contributed by atoms with Crippen molar-refractivity contribution in [1.29, 1.82) is 0 Å². The first-order valence-electron chi connectivity index (χ1n) is 6.27. The molecule has 1 N–H and O–H groups in total. The van der Waals surface area contributed by atoms with Crippen molar-refractivity contribution in [2.24, 2.45) is 0 Å². The minimum atomic E-state index is -0.830. The number of fused-ring (bicyclic) bond motifs is 1. The second kappa shape index (κ2) is 5.07. The highest BCUT2D eigenvalue weighted by atomic mass is 32.1. The first-order valence-corrected chi connectivity index (χ1v) is 7.97. The predicted octanol–water partition coefficient (Wildman–Crippen LogP) is 3.63. The predicted molar refractivity (Wildman–Crippen MR) is 78.1 cm³/mol. The molecule has 0 bridgehead atoms. The van der Waals surface area contributed by atoms with Crippen LogP contribution in [0.3, 0.4) is 0 Å². The zero-order valence-electron chi connectivity index (χ0n) is 10.6. The molecule has 0 saturated heterocycles. The van der Waals surface area contributed by atoms with Crippen LogP contribution in [0.2, 0.25) is 0 Å². The van der Waals surface area contributed by atoms with Gasteiger partial charge >= 0.3 is 5.97 Å². The van der Waals surface area contributed by atoms with Crippen LogP contribution in [-0.4, -0.2) is 22.5 Å². The Balaban J connectivity index is 1.75. The first kappa shape index (κ1) is 12.8. The van der Waals surface area contributed by atoms with Crippen molar-refractivity contribution >= 4 is 28.6 Å². The van der Waals surface area contributed by atoms with Crippen molar-refractivity contribution in [3.05, 3.63) is 43.8 Å². The van der Waals surface area contributed by atoms with E-state index in [1.54, 1.807) is 6.07 Å². The van der Waals surface area contributed by atoms with Crippen LogP contribution in [-0.2, 0) is 13.0 Å². The molecule has 0 fully saturated rings. The monoisotopic (exact) mass is 293 g/mol. The van der Waals surface area contributed by atoms with Crippen molar-refractivity contribution in [1.82, 2.24) is 4.90 Å². The maximum absolute atomic E-state index is 10.9. The van der Waals surface area contributed by atoms with E-state index in [4.69, 9.17) is 5.11 Å². The van der Waals surface area contributed by atoms with E-state index in [-0.39, 0.29) is 0 Å². The van der Waals surface area contributed by atoms with Gasteiger partial charge in [-0.2, -0.15) is 0 Å². The molecule has 100 valence electrons. The third-order valence-corrected chi connectivity index (χ3v) is 5.69. The second-order valence-corrected chi connectivity index (χ2v) is 6.94. The van der Waals surface area contributed by atoms with Crippen LogP contribution in [0.25, 0.3) is 0 Å². The van der Waals surface area contributed by atoms with Gasteiger partial charge in [-0.1, -0.05) is 0 Å². The minimum Gasteiger partial charge on any atom is -0.477 e. The van der Waals surface area contributed by atoms with Gasteiger partial charge in [-0.3, -0.25) is 4.90 Å². The van der Waals surface area contributed by atoms with Crippen LogP contribution in [0.1, 0.15) is 38.0 Å². The van der Waals surface area contributed by atoms with Crippen molar-refractivity contribution < 1.29 is 9.90 Å². The third kappa shape index (κ3) is 2.45. The van der Waals surface area contributed by atoms with E-state index in [2.05, 4.69) is 23.3 Å². The first-order chi connectivity index (χ1) is 9.15. The third-order valence-electron chi connectivity index (χ3n) is 3.64. The van der Waals surface area contributed by atoms with Crippen molar-refractivity contribution in [2.75, 3.05) is 6.54 Å². The molecule has 3 heterocycles. The van der Waals surface area contributed by atoms with Crippen molar-refractivity contribution in [2.45, 2.75) is 25.9 Å². The number of carboxylic acids is 1. The van der Waals surface area contributed by atoms with E-state index < -0.39 is 5.97 Å². The SMILES string of the molecule is CC1c2ccsc2CCN1Cc1ccc(C(=O)O)s1. The smallest absolute Gasteiger partial charge is 0.345 e. The Hall–Kier alpha value is -1.17. The summed E-state index contributed by atoms with van der Waals surface area (Å²) in [5.74, 6) is -0.830. The molecule has 5 heteroatoms. The van der Waals surface area contributed by atoms with E-state index in [0.717, 1.165) is 24.4 Å². The number of carbonyl (C=O) groups is 1. The number of nitrogens with zero attached hydrogens (tertiary/aromatic N) is 1. The number of aromatic carboxylic acids is 1. The Morgan fingerprint density at radius 2 is 2.32 bits per heavy atom. The zero-order chi connectivity index (χ0) is 13.4. The highest BCUT2D eigenvalue weighted by molar-refractivity contribution is 7.13. The van der Waals surface area contributed by atoms with Gasteiger partial charge in [0.15, 0.2) is 0 Å². The van der Waals surface area contributed by atoms with Crippen molar-refractivity contribution in [3.8, 4) is 0 Å². The van der Waals surface area contributed by atoms with Gasteiger partial charge in [0.25, 0.3) is 0 Å². The number of hydrogen-bond acceptors (Lipinski definition) is 4. The van der Waals surface area contributed by atoms with Gasteiger partial charge in [0.2, 0.25) is 0 Å². The zero-order valence-corrected chi connectivity index (χ0v) is 12.3. The van der Waals surface area contributed by atoms with E-state index in [0.29, 0.717) is 10.9 Å². The van der Waals surface area contributed by atoms with Crippen LogP contribution < -0.4 is 0 Å². The lowest BCUT2D eigenvalue weighted by atomic mass is 10.0. The molecule has 0 spiro atoms. The molecule has 0 radical (unpaired) electrons. The average Bonchev–Trinajstić information content (AvgIpc) is 3.01. The van der Waals surface area contributed by atoms with Gasteiger partial charge < -0.3 is 5.11 Å². The molecule has 1 atom stereocenters. The Kier molecular flexibility index (Phi) is 3.43. The number of carboxylic acid groups (broad SMARTS) is 1. The molecule has 1 aliphatic rings. The van der Waals surface area contributed by atoms with Crippen LogP contribution in [0.15, 0.2) is 23.6 Å².